The van der Waals surface area contributed by atoms with Gasteiger partial charge in [-0.05, 0) is 46.6 Å². The van der Waals surface area contributed by atoms with Gasteiger partial charge in [0, 0.05) is 0 Å². The van der Waals surface area contributed by atoms with Gasteiger partial charge in [0.25, 0.3) is 0 Å². The molecule has 1 aromatic rings. The fraction of sp³-hybridized carbons (Fsp3) is 0.417. The molecule has 1 aliphatic heterocycles. The van der Waals surface area contributed by atoms with Crippen LogP contribution < -0.4 is 14.8 Å². The molecule has 2 rings (SSSR count). The Balaban J connectivity index is 2.26. The van der Waals surface area contributed by atoms with Gasteiger partial charge in [-0.1, -0.05) is 6.92 Å². The van der Waals surface area contributed by atoms with Crippen molar-refractivity contribution in [3.05, 3.63) is 22.2 Å². The molecule has 0 aromatic heterocycles. The van der Waals surface area contributed by atoms with E-state index in [2.05, 4.69) is 34.2 Å². The maximum atomic E-state index is 9.15. The third-order valence-electron chi connectivity index (χ3n) is 2.51. The van der Waals surface area contributed by atoms with Gasteiger partial charge >= 0.3 is 0 Å². The molecular weight excluding hydrogens is 284 g/mol. The van der Waals surface area contributed by atoms with E-state index in [1.54, 1.807) is 0 Å². The number of halogens is 1. The number of nitrogens with one attached hydrogen (secondary N) is 1. The zero-order chi connectivity index (χ0) is 12.3. The Hall–Kier alpha value is -1.25. The molecule has 4 nitrogen and oxygen atoms in total. The highest BCUT2D eigenvalue weighted by Crippen LogP contribution is 2.41. The lowest BCUT2D eigenvalue weighted by Crippen LogP contribution is -2.20. The first-order chi connectivity index (χ1) is 8.26. The van der Waals surface area contributed by atoms with Gasteiger partial charge in [0.05, 0.1) is 10.5 Å². The maximum absolute atomic E-state index is 9.15. The van der Waals surface area contributed by atoms with E-state index in [-0.39, 0.29) is 12.8 Å². The molecule has 5 heteroatoms. The van der Waals surface area contributed by atoms with E-state index in [9.17, 15) is 0 Å². The number of ether oxygens (including phenoxy) is 2. The number of hydrogen-bond acceptors (Lipinski definition) is 4. The standard InChI is InChI=1S/C12H13BrN2O2/c1-2-3-15-10(6-14)8-4-9(13)12-11(5-8)16-7-17-12/h4-5,10,15H,2-3,7H2,1H3. The van der Waals surface area contributed by atoms with Crippen molar-refractivity contribution < 1.29 is 9.47 Å². The normalized spacial score (nSPS) is 14.4. The second-order valence-electron chi connectivity index (χ2n) is 3.75. The fourth-order valence-electron chi connectivity index (χ4n) is 1.68. The summed E-state index contributed by atoms with van der Waals surface area (Å²) in [6.45, 7) is 3.11. The zero-order valence-corrected chi connectivity index (χ0v) is 11.1. The molecule has 1 N–H and O–H groups in total. The van der Waals surface area contributed by atoms with E-state index in [4.69, 9.17) is 14.7 Å². The lowest BCUT2D eigenvalue weighted by Gasteiger charge is -2.12. The smallest absolute Gasteiger partial charge is 0.231 e. The third-order valence-corrected chi connectivity index (χ3v) is 3.10. The molecule has 17 heavy (non-hydrogen) atoms. The van der Waals surface area contributed by atoms with Gasteiger partial charge in [-0.2, -0.15) is 5.26 Å². The minimum absolute atomic E-state index is 0.233. The van der Waals surface area contributed by atoms with Crippen LogP contribution in [0.4, 0.5) is 0 Å². The Kier molecular flexibility index (Phi) is 3.87. The summed E-state index contributed by atoms with van der Waals surface area (Å²) in [4.78, 5) is 0. The lowest BCUT2D eigenvalue weighted by atomic mass is 10.1. The third kappa shape index (κ3) is 2.54. The number of nitriles is 1. The average Bonchev–Trinajstić information content (AvgIpc) is 2.79. The summed E-state index contributed by atoms with van der Waals surface area (Å²) in [5.41, 5.74) is 0.886. The maximum Gasteiger partial charge on any atom is 0.231 e. The first-order valence-corrected chi connectivity index (χ1v) is 6.27. The summed E-state index contributed by atoms with van der Waals surface area (Å²) in [6, 6.07) is 5.67. The van der Waals surface area contributed by atoms with E-state index in [0.717, 1.165) is 23.0 Å². The van der Waals surface area contributed by atoms with Crippen LogP contribution in [0.15, 0.2) is 16.6 Å². The average molecular weight is 297 g/mol. The number of benzene rings is 1. The molecule has 0 saturated heterocycles. The summed E-state index contributed by atoms with van der Waals surface area (Å²) < 4.78 is 11.5. The van der Waals surface area contributed by atoms with Crippen LogP contribution in [0.1, 0.15) is 24.9 Å². The summed E-state index contributed by atoms with van der Waals surface area (Å²) in [7, 11) is 0. The number of rotatable bonds is 4. The van der Waals surface area contributed by atoms with Crippen molar-refractivity contribution in [3.63, 3.8) is 0 Å². The van der Waals surface area contributed by atoms with Crippen molar-refractivity contribution in [1.82, 2.24) is 5.32 Å². The van der Waals surface area contributed by atoms with E-state index >= 15 is 0 Å². The predicted molar refractivity (Wildman–Crippen MR) is 66.9 cm³/mol. The monoisotopic (exact) mass is 296 g/mol. The van der Waals surface area contributed by atoms with Crippen molar-refractivity contribution >= 4 is 15.9 Å². The predicted octanol–water partition coefficient (Wildman–Crippen LogP) is 2.74. The minimum Gasteiger partial charge on any atom is -0.454 e. The van der Waals surface area contributed by atoms with E-state index in [1.165, 1.54) is 0 Å². The van der Waals surface area contributed by atoms with Crippen LogP contribution in [0.25, 0.3) is 0 Å². The van der Waals surface area contributed by atoms with Crippen LogP contribution in [-0.4, -0.2) is 13.3 Å². The van der Waals surface area contributed by atoms with Gasteiger partial charge in [-0.25, -0.2) is 0 Å². The van der Waals surface area contributed by atoms with Crippen LogP contribution in [0, 0.1) is 11.3 Å². The molecule has 1 heterocycles. The number of hydrogen-bond donors (Lipinski definition) is 1. The Labute approximate surface area is 109 Å². The molecule has 1 aliphatic rings. The second kappa shape index (κ2) is 5.39. The second-order valence-corrected chi connectivity index (χ2v) is 4.61. The molecule has 1 unspecified atom stereocenters. The van der Waals surface area contributed by atoms with Gasteiger partial charge in [0.1, 0.15) is 6.04 Å². The summed E-state index contributed by atoms with van der Waals surface area (Å²) in [5.74, 6) is 1.40. The molecule has 0 radical (unpaired) electrons. The van der Waals surface area contributed by atoms with Gasteiger partial charge in [0.2, 0.25) is 6.79 Å². The van der Waals surface area contributed by atoms with Crippen molar-refractivity contribution in [2.45, 2.75) is 19.4 Å². The molecule has 0 saturated carbocycles. The Morgan fingerprint density at radius 2 is 2.35 bits per heavy atom. The van der Waals surface area contributed by atoms with Crippen LogP contribution in [0.2, 0.25) is 0 Å². The molecule has 0 spiro atoms. The van der Waals surface area contributed by atoms with Crippen molar-refractivity contribution in [3.8, 4) is 17.6 Å². The van der Waals surface area contributed by atoms with Crippen molar-refractivity contribution in [2.75, 3.05) is 13.3 Å². The number of nitrogens with zero attached hydrogens (tertiary/aromatic N) is 1. The topological polar surface area (TPSA) is 54.3 Å². The SMILES string of the molecule is CCCNC(C#N)c1cc(Br)c2c(c1)OCO2. The van der Waals surface area contributed by atoms with Crippen molar-refractivity contribution in [2.24, 2.45) is 0 Å². The quantitative estimate of drug-likeness (QED) is 0.928. The van der Waals surface area contributed by atoms with Crippen molar-refractivity contribution in [1.29, 1.82) is 5.26 Å². The fourth-order valence-corrected chi connectivity index (χ4v) is 2.25. The van der Waals surface area contributed by atoms with Crippen LogP contribution in [-0.2, 0) is 0 Å². The van der Waals surface area contributed by atoms with E-state index in [0.29, 0.717) is 11.5 Å². The first kappa shape index (κ1) is 12.2. The molecule has 1 aromatic carbocycles. The number of fused-ring (bicyclic) bond motifs is 1. The largest absolute Gasteiger partial charge is 0.454 e. The summed E-state index contributed by atoms with van der Waals surface area (Å²) >= 11 is 3.42. The highest BCUT2D eigenvalue weighted by molar-refractivity contribution is 9.10. The van der Waals surface area contributed by atoms with E-state index < -0.39 is 0 Å². The van der Waals surface area contributed by atoms with Crippen LogP contribution >= 0.6 is 15.9 Å². The highest BCUT2D eigenvalue weighted by Gasteiger charge is 2.20. The summed E-state index contributed by atoms with van der Waals surface area (Å²) in [6.07, 6.45) is 0.990. The lowest BCUT2D eigenvalue weighted by molar-refractivity contribution is 0.173. The van der Waals surface area contributed by atoms with Crippen LogP contribution in [0.5, 0.6) is 11.5 Å². The first-order valence-electron chi connectivity index (χ1n) is 5.48. The molecule has 0 aliphatic carbocycles. The van der Waals surface area contributed by atoms with Gasteiger partial charge in [0.15, 0.2) is 11.5 Å². The van der Waals surface area contributed by atoms with Gasteiger partial charge in [-0.3, -0.25) is 5.32 Å². The molecule has 0 bridgehead atoms. The minimum atomic E-state index is -0.319. The Morgan fingerprint density at radius 3 is 3.06 bits per heavy atom. The molecular formula is C12H13BrN2O2. The molecule has 0 fully saturated rings. The van der Waals surface area contributed by atoms with Crippen LogP contribution in [0.3, 0.4) is 0 Å². The Morgan fingerprint density at radius 1 is 1.53 bits per heavy atom. The molecule has 1 atom stereocenters. The van der Waals surface area contributed by atoms with Gasteiger partial charge in [-0.15, -0.1) is 0 Å². The zero-order valence-electron chi connectivity index (χ0n) is 9.50. The summed E-state index contributed by atoms with van der Waals surface area (Å²) in [5, 5.41) is 12.3. The molecule has 90 valence electrons. The molecule has 0 amide bonds. The Bertz CT molecular complexity index is 457. The van der Waals surface area contributed by atoms with Gasteiger partial charge < -0.3 is 9.47 Å². The van der Waals surface area contributed by atoms with E-state index in [1.807, 2.05) is 12.1 Å². The highest BCUT2D eigenvalue weighted by atomic mass is 79.9.